The lowest BCUT2D eigenvalue weighted by atomic mass is 10.2. The quantitative estimate of drug-likeness (QED) is 0.660. The van der Waals surface area contributed by atoms with Crippen LogP contribution in [0.1, 0.15) is 0 Å². The molecule has 8 heteroatoms. The average Bonchev–Trinajstić information content (AvgIpc) is 2.39. The van der Waals surface area contributed by atoms with E-state index in [9.17, 15) is 22.0 Å². The van der Waals surface area contributed by atoms with Gasteiger partial charge in [-0.05, 0) is 24.3 Å². The van der Waals surface area contributed by atoms with E-state index in [-0.39, 0.29) is 11.4 Å². The second-order valence-corrected chi connectivity index (χ2v) is 3.99. The van der Waals surface area contributed by atoms with Gasteiger partial charge in [0.05, 0.1) is 11.4 Å². The van der Waals surface area contributed by atoms with Gasteiger partial charge in [0, 0.05) is 0 Å². The molecule has 0 aliphatic heterocycles. The number of alkyl halides is 3. The van der Waals surface area contributed by atoms with Gasteiger partial charge in [-0.3, -0.25) is 0 Å². The van der Waals surface area contributed by atoms with Crippen LogP contribution < -0.4 is 15.8 Å². The molecule has 112 valence electrons. The number of hydrogen-bond donors (Lipinski definition) is 2. The Kier molecular flexibility index (Phi) is 3.88. The Morgan fingerprint density at radius 2 is 1.67 bits per heavy atom. The Labute approximate surface area is 116 Å². The lowest BCUT2D eigenvalue weighted by Gasteiger charge is -2.16. The molecule has 2 aromatic carbocycles. The number of benzene rings is 2. The van der Waals surface area contributed by atoms with Crippen molar-refractivity contribution in [3.63, 3.8) is 0 Å². The second kappa shape index (κ2) is 5.47. The Morgan fingerprint density at radius 3 is 2.33 bits per heavy atom. The molecule has 2 aromatic rings. The van der Waals surface area contributed by atoms with Crippen molar-refractivity contribution in [2.24, 2.45) is 0 Å². The van der Waals surface area contributed by atoms with Crippen LogP contribution in [0.4, 0.5) is 39.0 Å². The number of hydrogen-bond acceptors (Lipinski definition) is 3. The molecule has 21 heavy (non-hydrogen) atoms. The number of nitrogens with one attached hydrogen (secondary N) is 1. The summed E-state index contributed by atoms with van der Waals surface area (Å²) < 4.78 is 67.4. The highest BCUT2D eigenvalue weighted by Gasteiger charge is 2.32. The Balaban J connectivity index is 2.39. The number of nitrogen functional groups attached to an aromatic ring is 1. The summed E-state index contributed by atoms with van der Waals surface area (Å²) in [6.45, 7) is 0. The summed E-state index contributed by atoms with van der Waals surface area (Å²) in [5, 5.41) is 2.31. The third-order valence-electron chi connectivity index (χ3n) is 2.50. The third kappa shape index (κ3) is 3.53. The van der Waals surface area contributed by atoms with Crippen molar-refractivity contribution in [3.05, 3.63) is 48.0 Å². The molecule has 0 saturated heterocycles. The van der Waals surface area contributed by atoms with Crippen molar-refractivity contribution >= 4 is 17.1 Å². The Hall–Kier alpha value is -2.51. The van der Waals surface area contributed by atoms with E-state index in [2.05, 4.69) is 10.1 Å². The highest BCUT2D eigenvalue weighted by molar-refractivity contribution is 5.75. The van der Waals surface area contributed by atoms with Gasteiger partial charge in [0.1, 0.15) is 5.69 Å². The van der Waals surface area contributed by atoms with Crippen molar-refractivity contribution < 1.29 is 26.7 Å². The summed E-state index contributed by atoms with van der Waals surface area (Å²) in [5.74, 6) is -3.06. The monoisotopic (exact) mass is 304 g/mol. The van der Waals surface area contributed by atoms with Crippen LogP contribution in [-0.4, -0.2) is 6.36 Å². The van der Waals surface area contributed by atoms with Gasteiger partial charge in [-0.1, -0.05) is 12.1 Å². The van der Waals surface area contributed by atoms with E-state index in [1.807, 2.05) is 0 Å². The van der Waals surface area contributed by atoms with Crippen LogP contribution in [0.25, 0.3) is 0 Å². The highest BCUT2D eigenvalue weighted by Crippen LogP contribution is 2.35. The maximum atomic E-state index is 13.6. The van der Waals surface area contributed by atoms with Crippen LogP contribution in [0.15, 0.2) is 36.4 Å². The topological polar surface area (TPSA) is 47.3 Å². The van der Waals surface area contributed by atoms with Crippen molar-refractivity contribution in [2.75, 3.05) is 11.1 Å². The van der Waals surface area contributed by atoms with Gasteiger partial charge in [-0.2, -0.15) is 0 Å². The van der Waals surface area contributed by atoms with Crippen LogP contribution in [0.3, 0.4) is 0 Å². The Bertz CT molecular complexity index is 657. The minimum Gasteiger partial charge on any atom is -0.404 e. The van der Waals surface area contributed by atoms with E-state index in [1.54, 1.807) is 0 Å². The first-order valence-corrected chi connectivity index (χ1v) is 5.63. The summed E-state index contributed by atoms with van der Waals surface area (Å²) >= 11 is 0. The fourth-order valence-corrected chi connectivity index (χ4v) is 1.61. The molecular formula is C13H9F5N2O. The summed E-state index contributed by atoms with van der Waals surface area (Å²) in [7, 11) is 0. The number of para-hydroxylation sites is 2. The molecule has 0 radical (unpaired) electrons. The molecule has 0 atom stereocenters. The molecule has 0 heterocycles. The lowest BCUT2D eigenvalue weighted by molar-refractivity contribution is -0.274. The van der Waals surface area contributed by atoms with Gasteiger partial charge in [-0.25, -0.2) is 8.78 Å². The smallest absolute Gasteiger partial charge is 0.404 e. The second-order valence-electron chi connectivity index (χ2n) is 3.99. The molecule has 3 nitrogen and oxygen atoms in total. The van der Waals surface area contributed by atoms with Crippen LogP contribution in [0.2, 0.25) is 0 Å². The summed E-state index contributed by atoms with van der Waals surface area (Å²) in [6, 6.07) is 6.85. The first-order valence-electron chi connectivity index (χ1n) is 5.63. The van der Waals surface area contributed by atoms with Gasteiger partial charge in [0.15, 0.2) is 17.4 Å². The maximum absolute atomic E-state index is 13.6. The van der Waals surface area contributed by atoms with E-state index in [0.717, 1.165) is 18.2 Å². The molecule has 3 N–H and O–H groups in total. The van der Waals surface area contributed by atoms with E-state index in [1.165, 1.54) is 18.2 Å². The standard InChI is InChI=1S/C13H9F5N2O/c14-7-5-6-8(19)12(11(7)15)20-9-3-1-2-4-10(9)21-13(16,17)18/h1-6,20H,19H2. The van der Waals surface area contributed by atoms with Gasteiger partial charge in [0.2, 0.25) is 0 Å². The van der Waals surface area contributed by atoms with E-state index >= 15 is 0 Å². The van der Waals surface area contributed by atoms with Crippen molar-refractivity contribution in [1.82, 2.24) is 0 Å². The van der Waals surface area contributed by atoms with Gasteiger partial charge in [-0.15, -0.1) is 13.2 Å². The molecule has 0 fully saturated rings. The SMILES string of the molecule is Nc1ccc(F)c(F)c1Nc1ccccc1OC(F)(F)F. The van der Waals surface area contributed by atoms with E-state index < -0.39 is 29.4 Å². The molecule has 0 saturated carbocycles. The number of ether oxygens (including phenoxy) is 1. The molecule has 0 spiro atoms. The predicted octanol–water partition coefficient (Wildman–Crippen LogP) is 4.19. The van der Waals surface area contributed by atoms with Gasteiger partial charge >= 0.3 is 6.36 Å². The predicted molar refractivity (Wildman–Crippen MR) is 67.2 cm³/mol. The third-order valence-corrected chi connectivity index (χ3v) is 2.50. The Morgan fingerprint density at radius 1 is 1.00 bits per heavy atom. The zero-order valence-electron chi connectivity index (χ0n) is 10.3. The summed E-state index contributed by atoms with van der Waals surface area (Å²) in [4.78, 5) is 0. The highest BCUT2D eigenvalue weighted by atomic mass is 19.4. The van der Waals surface area contributed by atoms with Crippen molar-refractivity contribution in [2.45, 2.75) is 6.36 Å². The normalized spacial score (nSPS) is 11.3. The van der Waals surface area contributed by atoms with Crippen LogP contribution in [0, 0.1) is 11.6 Å². The number of nitrogens with two attached hydrogens (primary N) is 1. The molecule has 0 bridgehead atoms. The molecule has 0 aromatic heterocycles. The minimum atomic E-state index is -4.91. The van der Waals surface area contributed by atoms with Crippen LogP contribution >= 0.6 is 0 Å². The average molecular weight is 304 g/mol. The van der Waals surface area contributed by atoms with Crippen LogP contribution in [0.5, 0.6) is 5.75 Å². The molecule has 0 aliphatic rings. The first-order chi connectivity index (χ1) is 9.78. The molecule has 0 amide bonds. The number of anilines is 3. The summed E-state index contributed by atoms with van der Waals surface area (Å²) in [5.41, 5.74) is 4.66. The fourth-order valence-electron chi connectivity index (χ4n) is 1.61. The molecular weight excluding hydrogens is 295 g/mol. The number of halogens is 5. The summed E-state index contributed by atoms with van der Waals surface area (Å²) in [6.07, 6.45) is -4.91. The van der Waals surface area contributed by atoms with Crippen molar-refractivity contribution in [1.29, 1.82) is 0 Å². The zero-order valence-corrected chi connectivity index (χ0v) is 10.3. The first kappa shape index (κ1) is 14.9. The maximum Gasteiger partial charge on any atom is 0.573 e. The van der Waals surface area contributed by atoms with Crippen LogP contribution in [-0.2, 0) is 0 Å². The lowest BCUT2D eigenvalue weighted by Crippen LogP contribution is -2.18. The number of rotatable bonds is 3. The largest absolute Gasteiger partial charge is 0.573 e. The molecule has 0 aliphatic carbocycles. The molecule has 2 rings (SSSR count). The zero-order chi connectivity index (χ0) is 15.6. The molecule has 0 unspecified atom stereocenters. The fraction of sp³-hybridized carbons (Fsp3) is 0.0769. The van der Waals surface area contributed by atoms with Crippen molar-refractivity contribution in [3.8, 4) is 5.75 Å². The van der Waals surface area contributed by atoms with E-state index in [4.69, 9.17) is 5.73 Å². The minimum absolute atomic E-state index is 0.157. The van der Waals surface area contributed by atoms with E-state index in [0.29, 0.717) is 0 Å². The van der Waals surface area contributed by atoms with Gasteiger partial charge < -0.3 is 15.8 Å². The van der Waals surface area contributed by atoms with Gasteiger partial charge in [0.25, 0.3) is 0 Å².